The molecule has 2 aromatic heterocycles. The molecule has 1 aliphatic carbocycles. The number of benzene rings is 1. The van der Waals surface area contributed by atoms with E-state index in [-0.39, 0.29) is 29.0 Å². The Kier molecular flexibility index (Phi) is 5.74. The maximum absolute atomic E-state index is 13.6. The Morgan fingerprint density at radius 3 is 2.71 bits per heavy atom. The SMILES string of the molecule is C[C@@H]1CN(C(=O)C(=[NH2+])c2c(N)ccc3nc(-c4cn[nH]c4C(F)(F)F)c4c(c23)CCCC4)CCO1. The van der Waals surface area contributed by atoms with Crippen molar-refractivity contribution in [3.05, 3.63) is 40.7 Å². The van der Waals surface area contributed by atoms with E-state index >= 15 is 0 Å². The zero-order valence-corrected chi connectivity index (χ0v) is 19.2. The third kappa shape index (κ3) is 4.03. The Labute approximate surface area is 199 Å². The number of anilines is 1. The van der Waals surface area contributed by atoms with Crippen LogP contribution in [0.1, 0.15) is 42.1 Å². The second-order valence-corrected chi connectivity index (χ2v) is 9.05. The molecule has 1 saturated heterocycles. The summed E-state index contributed by atoms with van der Waals surface area (Å²) >= 11 is 0. The van der Waals surface area contributed by atoms with Gasteiger partial charge in [-0.25, -0.2) is 10.4 Å². The van der Waals surface area contributed by atoms with E-state index in [4.69, 9.17) is 15.9 Å². The highest BCUT2D eigenvalue weighted by molar-refractivity contribution is 6.46. The number of nitrogen functional groups attached to an aromatic ring is 1. The third-order valence-electron chi connectivity index (χ3n) is 6.71. The number of carbonyl (C=O) groups is 1. The molecule has 1 amide bonds. The molecule has 1 atom stereocenters. The van der Waals surface area contributed by atoms with Gasteiger partial charge in [0, 0.05) is 24.2 Å². The lowest BCUT2D eigenvalue weighted by atomic mass is 9.84. The minimum absolute atomic E-state index is 0.00353. The van der Waals surface area contributed by atoms with Gasteiger partial charge in [0.25, 0.3) is 5.71 Å². The number of rotatable bonds is 3. The van der Waals surface area contributed by atoms with Crippen LogP contribution in [0.25, 0.3) is 22.2 Å². The van der Waals surface area contributed by atoms with Crippen molar-refractivity contribution in [1.29, 1.82) is 0 Å². The molecule has 0 bridgehead atoms. The Morgan fingerprint density at radius 1 is 1.26 bits per heavy atom. The maximum Gasteiger partial charge on any atom is 0.433 e. The molecule has 35 heavy (non-hydrogen) atoms. The number of amides is 1. The molecule has 0 radical (unpaired) electrons. The molecule has 8 nitrogen and oxygen atoms in total. The van der Waals surface area contributed by atoms with Crippen LogP contribution in [0.2, 0.25) is 0 Å². The summed E-state index contributed by atoms with van der Waals surface area (Å²) in [5, 5.41) is 12.8. The number of aromatic nitrogens is 3. The quantitative estimate of drug-likeness (QED) is 0.385. The number of nitrogens with two attached hydrogens (primary N) is 2. The van der Waals surface area contributed by atoms with E-state index in [9.17, 15) is 18.0 Å². The van der Waals surface area contributed by atoms with Crippen LogP contribution >= 0.6 is 0 Å². The van der Waals surface area contributed by atoms with Crippen molar-refractivity contribution in [2.24, 2.45) is 0 Å². The van der Waals surface area contributed by atoms with Crippen molar-refractivity contribution in [1.82, 2.24) is 20.1 Å². The number of ether oxygens (including phenoxy) is 1. The summed E-state index contributed by atoms with van der Waals surface area (Å²) in [6.07, 6.45) is -0.712. The van der Waals surface area contributed by atoms with Crippen LogP contribution < -0.4 is 11.1 Å². The maximum atomic E-state index is 13.6. The first-order valence-electron chi connectivity index (χ1n) is 11.5. The minimum atomic E-state index is -4.60. The van der Waals surface area contributed by atoms with E-state index in [0.29, 0.717) is 60.3 Å². The molecule has 3 heterocycles. The lowest BCUT2D eigenvalue weighted by molar-refractivity contribution is -0.147. The van der Waals surface area contributed by atoms with Crippen molar-refractivity contribution in [2.45, 2.75) is 44.9 Å². The highest BCUT2D eigenvalue weighted by Crippen LogP contribution is 2.41. The van der Waals surface area contributed by atoms with Gasteiger partial charge in [-0.15, -0.1) is 0 Å². The van der Waals surface area contributed by atoms with E-state index in [1.165, 1.54) is 0 Å². The molecule has 1 aliphatic heterocycles. The van der Waals surface area contributed by atoms with Crippen molar-refractivity contribution in [3.8, 4) is 11.3 Å². The summed E-state index contributed by atoms with van der Waals surface area (Å²) in [6.45, 7) is 3.12. The fourth-order valence-electron chi connectivity index (χ4n) is 5.11. The van der Waals surface area contributed by atoms with Gasteiger partial charge in [-0.05, 0) is 55.9 Å². The van der Waals surface area contributed by atoms with Gasteiger partial charge >= 0.3 is 12.1 Å². The molecule has 1 aromatic carbocycles. The molecular weight excluding hydrogens is 461 g/mol. The molecule has 0 unspecified atom stereocenters. The second kappa shape index (κ2) is 8.63. The number of aryl methyl sites for hydroxylation is 1. The summed E-state index contributed by atoms with van der Waals surface area (Å²) in [6, 6.07) is 3.25. The van der Waals surface area contributed by atoms with Gasteiger partial charge in [-0.2, -0.15) is 18.3 Å². The average molecular weight is 488 g/mol. The number of aromatic amines is 1. The van der Waals surface area contributed by atoms with Crippen molar-refractivity contribution in [2.75, 3.05) is 25.4 Å². The van der Waals surface area contributed by atoms with Gasteiger partial charge in [0.15, 0.2) is 0 Å². The summed E-state index contributed by atoms with van der Waals surface area (Å²) < 4.78 is 46.5. The Morgan fingerprint density at radius 2 is 2.00 bits per heavy atom. The number of halogens is 3. The number of alkyl halides is 3. The number of carbonyl (C=O) groups excluding carboxylic acids is 1. The number of hydrogen-bond acceptors (Lipinski definition) is 5. The lowest BCUT2D eigenvalue weighted by Crippen LogP contribution is -2.55. The number of nitrogens with zero attached hydrogens (tertiary/aromatic N) is 3. The van der Waals surface area contributed by atoms with Crippen molar-refractivity contribution >= 4 is 28.2 Å². The van der Waals surface area contributed by atoms with E-state index in [0.717, 1.165) is 24.6 Å². The number of fused-ring (bicyclic) bond motifs is 3. The fraction of sp³-hybridized carbons (Fsp3) is 0.417. The third-order valence-corrected chi connectivity index (χ3v) is 6.71. The molecule has 11 heteroatoms. The van der Waals surface area contributed by atoms with E-state index in [1.54, 1.807) is 17.0 Å². The molecule has 2 aliphatic rings. The van der Waals surface area contributed by atoms with Crippen LogP contribution in [0.4, 0.5) is 18.9 Å². The Hall–Kier alpha value is -3.47. The summed E-state index contributed by atoms with van der Waals surface area (Å²) in [4.78, 5) is 19.6. The number of H-pyrrole nitrogens is 1. The van der Waals surface area contributed by atoms with Crippen LogP contribution in [0.15, 0.2) is 18.3 Å². The van der Waals surface area contributed by atoms with Crippen LogP contribution in [0, 0.1) is 0 Å². The monoisotopic (exact) mass is 487 g/mol. The summed E-state index contributed by atoms with van der Waals surface area (Å²) in [5.41, 5.74) is 8.26. The molecule has 5 N–H and O–H groups in total. The second-order valence-electron chi connectivity index (χ2n) is 9.05. The number of nitrogens with one attached hydrogen (secondary N) is 1. The average Bonchev–Trinajstić information content (AvgIpc) is 3.33. The van der Waals surface area contributed by atoms with Crippen molar-refractivity contribution < 1.29 is 28.1 Å². The molecular formula is C24H26F3N6O2+. The molecule has 0 spiro atoms. The van der Waals surface area contributed by atoms with E-state index < -0.39 is 11.9 Å². The molecule has 5 rings (SSSR count). The topological polar surface area (TPSA) is 123 Å². The van der Waals surface area contributed by atoms with Crippen LogP contribution in [-0.4, -0.2) is 57.5 Å². The predicted octanol–water partition coefficient (Wildman–Crippen LogP) is 1.90. The molecule has 1 fully saturated rings. The first-order chi connectivity index (χ1) is 16.7. The standard InChI is InChI=1S/C24H25F3N6O2/c1-12-11-33(8-9-35-12)23(34)20(29)19-16(28)6-7-17-18(19)13-4-2-3-5-14(13)21(31-17)15-10-30-32-22(15)24(25,26)27/h6-7,10,12,29H,2-5,8-9,11,28H2,1H3,(H,30,32)/p+1/t12-/m1/s1. The smallest absolute Gasteiger partial charge is 0.398 e. The zero-order chi connectivity index (χ0) is 24.9. The zero-order valence-electron chi connectivity index (χ0n) is 19.2. The minimum Gasteiger partial charge on any atom is -0.398 e. The van der Waals surface area contributed by atoms with Gasteiger partial charge in [0.2, 0.25) is 0 Å². The highest BCUT2D eigenvalue weighted by atomic mass is 19.4. The number of morpholine rings is 1. The molecule has 184 valence electrons. The number of hydrogen-bond donors (Lipinski definition) is 3. The van der Waals surface area contributed by atoms with Gasteiger partial charge in [-0.3, -0.25) is 9.89 Å². The lowest BCUT2D eigenvalue weighted by Gasteiger charge is -2.30. The van der Waals surface area contributed by atoms with Gasteiger partial charge < -0.3 is 15.4 Å². The van der Waals surface area contributed by atoms with Gasteiger partial charge in [-0.1, -0.05) is 0 Å². The van der Waals surface area contributed by atoms with E-state index in [2.05, 4.69) is 15.2 Å². The van der Waals surface area contributed by atoms with Crippen LogP contribution in [-0.2, 0) is 28.5 Å². The Bertz CT molecular complexity index is 1330. The van der Waals surface area contributed by atoms with Gasteiger partial charge in [0.1, 0.15) is 5.69 Å². The molecule has 3 aromatic rings. The largest absolute Gasteiger partial charge is 0.433 e. The highest BCUT2D eigenvalue weighted by Gasteiger charge is 2.38. The van der Waals surface area contributed by atoms with Gasteiger partial charge in [0.05, 0.1) is 41.2 Å². The normalized spacial score (nSPS) is 18.5. The van der Waals surface area contributed by atoms with Crippen LogP contribution in [0.3, 0.4) is 0 Å². The predicted molar refractivity (Wildman–Crippen MR) is 123 cm³/mol. The number of pyridine rings is 1. The Balaban J connectivity index is 1.69. The van der Waals surface area contributed by atoms with Crippen molar-refractivity contribution in [3.63, 3.8) is 0 Å². The summed E-state index contributed by atoms with van der Waals surface area (Å²) in [5.74, 6) is -0.345. The molecule has 0 saturated carbocycles. The first-order valence-corrected chi connectivity index (χ1v) is 11.5. The van der Waals surface area contributed by atoms with Crippen LogP contribution in [0.5, 0.6) is 0 Å². The van der Waals surface area contributed by atoms with E-state index in [1.807, 2.05) is 6.92 Å². The fourth-order valence-corrected chi connectivity index (χ4v) is 5.11. The summed E-state index contributed by atoms with van der Waals surface area (Å²) in [7, 11) is 0. The first kappa shape index (κ1) is 23.3.